The van der Waals surface area contributed by atoms with E-state index >= 15 is 0 Å². The molecule has 0 aliphatic heterocycles. The lowest BCUT2D eigenvalue weighted by atomic mass is 10.1. The van der Waals surface area contributed by atoms with E-state index < -0.39 is 10.0 Å². The molecular formula is C21H22N4O4S. The van der Waals surface area contributed by atoms with Crippen LogP contribution in [0.1, 0.15) is 11.3 Å². The first-order valence-corrected chi connectivity index (χ1v) is 10.9. The number of amides is 1. The van der Waals surface area contributed by atoms with Crippen molar-refractivity contribution >= 4 is 32.4 Å². The van der Waals surface area contributed by atoms with Crippen LogP contribution in [0.3, 0.4) is 0 Å². The fourth-order valence-corrected chi connectivity index (χ4v) is 4.11. The summed E-state index contributed by atoms with van der Waals surface area (Å²) in [5, 5.41) is 8.14. The van der Waals surface area contributed by atoms with Crippen LogP contribution in [-0.4, -0.2) is 30.7 Å². The summed E-state index contributed by atoms with van der Waals surface area (Å²) < 4.78 is 27.5. The number of fused-ring (bicyclic) bond motifs is 1. The molecule has 9 heteroatoms. The molecule has 3 rings (SSSR count). The number of hydrogen-bond acceptors (Lipinski definition) is 5. The Morgan fingerprint density at radius 2 is 1.80 bits per heavy atom. The van der Waals surface area contributed by atoms with Crippen molar-refractivity contribution in [3.05, 3.63) is 82.8 Å². The number of sulfonamides is 1. The lowest BCUT2D eigenvalue weighted by molar-refractivity contribution is -0.115. The van der Waals surface area contributed by atoms with Gasteiger partial charge in [0.1, 0.15) is 0 Å². The van der Waals surface area contributed by atoms with Crippen molar-refractivity contribution in [3.8, 4) is 0 Å². The fourth-order valence-electron chi connectivity index (χ4n) is 3.00. The summed E-state index contributed by atoms with van der Waals surface area (Å²) in [6.07, 6.45) is 1.47. The summed E-state index contributed by atoms with van der Waals surface area (Å²) in [5.74, 6) is -0.456. The molecule has 156 valence electrons. The van der Waals surface area contributed by atoms with E-state index in [1.165, 1.54) is 10.8 Å². The number of aryl methyl sites for hydroxylation is 1. The molecule has 0 unspecified atom stereocenters. The van der Waals surface area contributed by atoms with E-state index in [9.17, 15) is 18.0 Å². The Labute approximate surface area is 174 Å². The van der Waals surface area contributed by atoms with Gasteiger partial charge in [0, 0.05) is 24.7 Å². The number of benzene rings is 2. The number of anilines is 1. The second kappa shape index (κ2) is 9.02. The van der Waals surface area contributed by atoms with Gasteiger partial charge in [-0.2, -0.15) is 5.10 Å². The van der Waals surface area contributed by atoms with Crippen LogP contribution in [0, 0.1) is 0 Å². The Balaban J connectivity index is 1.70. The van der Waals surface area contributed by atoms with Crippen LogP contribution in [-0.2, 0) is 34.0 Å². The zero-order chi connectivity index (χ0) is 21.7. The molecule has 0 atom stereocenters. The molecule has 0 bridgehead atoms. The molecule has 0 spiro atoms. The van der Waals surface area contributed by atoms with E-state index in [1.54, 1.807) is 55.6 Å². The number of aromatic nitrogens is 2. The summed E-state index contributed by atoms with van der Waals surface area (Å²) in [7, 11) is -1.90. The fraction of sp³-hybridized carbons (Fsp3) is 0.190. The first-order valence-electron chi connectivity index (χ1n) is 9.21. The Bertz CT molecular complexity index is 1250. The SMILES string of the molecule is C=CCNS(=O)(=O)Cc1ccc(NC(=O)Cc2nn(C)c(=O)c3ccccc23)cc1. The molecule has 2 aromatic carbocycles. The highest BCUT2D eigenvalue weighted by Gasteiger charge is 2.13. The minimum absolute atomic E-state index is 0.00373. The number of carbonyl (C=O) groups excluding carboxylic acids is 1. The van der Waals surface area contributed by atoms with Gasteiger partial charge in [-0.1, -0.05) is 36.4 Å². The van der Waals surface area contributed by atoms with Crippen molar-refractivity contribution in [3.63, 3.8) is 0 Å². The van der Waals surface area contributed by atoms with Gasteiger partial charge in [0.25, 0.3) is 5.56 Å². The molecule has 0 aliphatic rings. The van der Waals surface area contributed by atoms with Crippen molar-refractivity contribution in [1.82, 2.24) is 14.5 Å². The second-order valence-electron chi connectivity index (χ2n) is 6.74. The third kappa shape index (κ3) is 5.19. The molecule has 8 nitrogen and oxygen atoms in total. The van der Waals surface area contributed by atoms with Gasteiger partial charge in [-0.25, -0.2) is 17.8 Å². The molecule has 0 aliphatic carbocycles. The van der Waals surface area contributed by atoms with Crippen molar-refractivity contribution in [2.75, 3.05) is 11.9 Å². The van der Waals surface area contributed by atoms with Gasteiger partial charge in [0.2, 0.25) is 15.9 Å². The highest BCUT2D eigenvalue weighted by molar-refractivity contribution is 7.88. The van der Waals surface area contributed by atoms with Crippen molar-refractivity contribution in [2.24, 2.45) is 7.05 Å². The van der Waals surface area contributed by atoms with Crippen LogP contribution in [0.4, 0.5) is 5.69 Å². The summed E-state index contributed by atoms with van der Waals surface area (Å²) in [6, 6.07) is 13.6. The summed E-state index contributed by atoms with van der Waals surface area (Å²) >= 11 is 0. The summed E-state index contributed by atoms with van der Waals surface area (Å²) in [5.41, 5.74) is 1.41. The molecule has 0 saturated carbocycles. The maximum atomic E-state index is 12.5. The molecule has 3 aromatic rings. The third-order valence-electron chi connectivity index (χ3n) is 4.40. The number of carbonyl (C=O) groups is 1. The Morgan fingerprint density at radius 3 is 2.47 bits per heavy atom. The van der Waals surface area contributed by atoms with E-state index in [4.69, 9.17) is 0 Å². The first-order chi connectivity index (χ1) is 14.3. The van der Waals surface area contributed by atoms with Crippen LogP contribution < -0.4 is 15.6 Å². The van der Waals surface area contributed by atoms with Crippen LogP contribution in [0.25, 0.3) is 10.8 Å². The molecule has 2 N–H and O–H groups in total. The maximum absolute atomic E-state index is 12.5. The predicted molar refractivity (Wildman–Crippen MR) is 117 cm³/mol. The van der Waals surface area contributed by atoms with E-state index in [0.717, 1.165) is 0 Å². The zero-order valence-electron chi connectivity index (χ0n) is 16.5. The van der Waals surface area contributed by atoms with Gasteiger partial charge in [-0.05, 0) is 23.8 Å². The van der Waals surface area contributed by atoms with Gasteiger partial charge in [0.15, 0.2) is 0 Å². The normalized spacial score (nSPS) is 11.4. The minimum Gasteiger partial charge on any atom is -0.326 e. The molecule has 0 radical (unpaired) electrons. The minimum atomic E-state index is -3.45. The van der Waals surface area contributed by atoms with Gasteiger partial charge < -0.3 is 5.32 Å². The topological polar surface area (TPSA) is 110 Å². The molecule has 30 heavy (non-hydrogen) atoms. The van der Waals surface area contributed by atoms with Crippen molar-refractivity contribution < 1.29 is 13.2 Å². The second-order valence-corrected chi connectivity index (χ2v) is 8.55. The lowest BCUT2D eigenvalue weighted by Crippen LogP contribution is -2.25. The maximum Gasteiger partial charge on any atom is 0.274 e. The highest BCUT2D eigenvalue weighted by atomic mass is 32.2. The van der Waals surface area contributed by atoms with Crippen LogP contribution in [0.2, 0.25) is 0 Å². The van der Waals surface area contributed by atoms with Crippen LogP contribution in [0.15, 0.2) is 66.0 Å². The first kappa shape index (κ1) is 21.4. The zero-order valence-corrected chi connectivity index (χ0v) is 17.3. The average molecular weight is 426 g/mol. The van der Waals surface area contributed by atoms with Crippen LogP contribution >= 0.6 is 0 Å². The van der Waals surface area contributed by atoms with Crippen LogP contribution in [0.5, 0.6) is 0 Å². The van der Waals surface area contributed by atoms with E-state index in [1.807, 2.05) is 0 Å². The number of nitrogens with zero attached hydrogens (tertiary/aromatic N) is 2. The van der Waals surface area contributed by atoms with E-state index in [-0.39, 0.29) is 30.2 Å². The number of rotatable bonds is 8. The highest BCUT2D eigenvalue weighted by Crippen LogP contribution is 2.15. The Hall–Kier alpha value is -3.30. The Morgan fingerprint density at radius 1 is 1.13 bits per heavy atom. The molecule has 0 fully saturated rings. The number of nitrogens with one attached hydrogen (secondary N) is 2. The predicted octanol–water partition coefficient (Wildman–Crippen LogP) is 1.72. The lowest BCUT2D eigenvalue weighted by Gasteiger charge is -2.10. The van der Waals surface area contributed by atoms with Gasteiger partial charge in [0.05, 0.1) is 23.3 Å². The van der Waals surface area contributed by atoms with Crippen molar-refractivity contribution in [2.45, 2.75) is 12.2 Å². The smallest absolute Gasteiger partial charge is 0.274 e. The molecular weight excluding hydrogens is 404 g/mol. The summed E-state index contributed by atoms with van der Waals surface area (Å²) in [4.78, 5) is 24.7. The molecule has 1 amide bonds. The van der Waals surface area contributed by atoms with E-state index in [0.29, 0.717) is 27.7 Å². The molecule has 0 saturated heterocycles. The average Bonchev–Trinajstić information content (AvgIpc) is 2.71. The molecule has 1 heterocycles. The van der Waals surface area contributed by atoms with Gasteiger partial charge in [-0.3, -0.25) is 9.59 Å². The monoisotopic (exact) mass is 426 g/mol. The Kier molecular flexibility index (Phi) is 6.43. The number of hydrogen-bond donors (Lipinski definition) is 2. The van der Waals surface area contributed by atoms with Gasteiger partial charge >= 0.3 is 0 Å². The third-order valence-corrected chi connectivity index (χ3v) is 5.72. The largest absolute Gasteiger partial charge is 0.326 e. The standard InChI is InChI=1S/C21H22N4O4S/c1-3-12-22-30(28,29)14-15-8-10-16(11-9-15)23-20(26)13-19-17-6-4-5-7-18(17)21(27)25(2)24-19/h3-11,22H,1,12-14H2,2H3,(H,23,26). The molecule has 1 aromatic heterocycles. The van der Waals surface area contributed by atoms with Crippen molar-refractivity contribution in [1.29, 1.82) is 0 Å². The summed E-state index contributed by atoms with van der Waals surface area (Å²) in [6.45, 7) is 3.65. The van der Waals surface area contributed by atoms with Gasteiger partial charge in [-0.15, -0.1) is 6.58 Å². The van der Waals surface area contributed by atoms with E-state index in [2.05, 4.69) is 21.7 Å². The quantitative estimate of drug-likeness (QED) is 0.533.